The summed E-state index contributed by atoms with van der Waals surface area (Å²) in [5.74, 6) is 0.0842. The molecule has 0 bridgehead atoms. The molecule has 0 aliphatic carbocycles. The molecule has 0 radical (unpaired) electrons. The van der Waals surface area contributed by atoms with E-state index in [9.17, 15) is 19.8 Å². The average molecular weight is 450 g/mol. The molecule has 2 rings (SSSR count). The number of benzene rings is 2. The minimum absolute atomic E-state index is 0.0696. The molecule has 0 heterocycles. The lowest BCUT2D eigenvalue weighted by atomic mass is 10.0. The second-order valence-electron chi connectivity index (χ2n) is 6.71. The van der Waals surface area contributed by atoms with Crippen molar-refractivity contribution < 1.29 is 43.9 Å². The second kappa shape index (κ2) is 13.2. The number of rotatable bonds is 8. The van der Waals surface area contributed by atoms with Crippen LogP contribution in [0.3, 0.4) is 0 Å². The van der Waals surface area contributed by atoms with Crippen molar-refractivity contribution in [2.75, 3.05) is 28.4 Å². The van der Waals surface area contributed by atoms with Gasteiger partial charge in [0.25, 0.3) is 0 Å². The number of aliphatic hydroxyl groups is 2. The summed E-state index contributed by atoms with van der Waals surface area (Å²) >= 11 is 0. The molecule has 0 aliphatic rings. The van der Waals surface area contributed by atoms with E-state index in [1.807, 2.05) is 6.92 Å². The number of ether oxygens (including phenoxy) is 4. The fourth-order valence-electron chi connectivity index (χ4n) is 2.87. The number of phenols is 1. The van der Waals surface area contributed by atoms with E-state index in [1.165, 1.54) is 33.5 Å². The molecule has 176 valence electrons. The van der Waals surface area contributed by atoms with Gasteiger partial charge in [-0.1, -0.05) is 6.07 Å². The zero-order valence-electron chi connectivity index (χ0n) is 18.9. The molecule has 0 unspecified atom stereocenters. The molecule has 0 amide bonds. The third-order valence-electron chi connectivity index (χ3n) is 4.67. The SMILES string of the molecule is COC(=O)Cc1cc(CO)c(C)c(OC)c1.COC(=O)Cc1cc(CO)c(O)c(OC)c1. The Balaban J connectivity index is 0.000000320. The molecule has 0 saturated heterocycles. The van der Waals surface area contributed by atoms with Crippen molar-refractivity contribution >= 4 is 11.9 Å². The smallest absolute Gasteiger partial charge is 0.309 e. The van der Waals surface area contributed by atoms with Gasteiger partial charge in [0, 0.05) is 5.56 Å². The van der Waals surface area contributed by atoms with Crippen LogP contribution in [0.15, 0.2) is 24.3 Å². The van der Waals surface area contributed by atoms with Crippen molar-refractivity contribution in [3.05, 3.63) is 52.1 Å². The molecule has 0 aromatic heterocycles. The molecule has 0 atom stereocenters. The first-order valence-corrected chi connectivity index (χ1v) is 9.64. The number of carbonyl (C=O) groups is 2. The highest BCUT2D eigenvalue weighted by molar-refractivity contribution is 5.73. The average Bonchev–Trinajstić information content (AvgIpc) is 2.80. The minimum Gasteiger partial charge on any atom is -0.504 e. The zero-order valence-corrected chi connectivity index (χ0v) is 18.9. The summed E-state index contributed by atoms with van der Waals surface area (Å²) < 4.78 is 19.2. The Kier molecular flexibility index (Phi) is 11.0. The van der Waals surface area contributed by atoms with Gasteiger partial charge in [-0.05, 0) is 47.4 Å². The maximum absolute atomic E-state index is 11.1. The number of hydrogen-bond donors (Lipinski definition) is 3. The fourth-order valence-corrected chi connectivity index (χ4v) is 2.87. The highest BCUT2D eigenvalue weighted by Crippen LogP contribution is 2.31. The Labute approximate surface area is 187 Å². The van der Waals surface area contributed by atoms with Gasteiger partial charge in [-0.15, -0.1) is 0 Å². The van der Waals surface area contributed by atoms with Crippen LogP contribution in [0.1, 0.15) is 27.8 Å². The van der Waals surface area contributed by atoms with Crippen LogP contribution in [0, 0.1) is 6.92 Å². The number of hydrogen-bond acceptors (Lipinski definition) is 9. The lowest BCUT2D eigenvalue weighted by molar-refractivity contribution is -0.140. The molecule has 2 aromatic carbocycles. The lowest BCUT2D eigenvalue weighted by Gasteiger charge is -2.11. The van der Waals surface area contributed by atoms with Crippen LogP contribution in [0.2, 0.25) is 0 Å². The van der Waals surface area contributed by atoms with E-state index in [-0.39, 0.29) is 43.5 Å². The molecule has 0 aliphatic heterocycles. The summed E-state index contributed by atoms with van der Waals surface area (Å²) in [7, 11) is 5.61. The van der Waals surface area contributed by atoms with Crippen molar-refractivity contribution in [3.63, 3.8) is 0 Å². The normalized spacial score (nSPS) is 9.97. The Hall–Kier alpha value is -3.30. The summed E-state index contributed by atoms with van der Waals surface area (Å²) in [5.41, 5.74) is 3.36. The molecule has 0 fully saturated rings. The van der Waals surface area contributed by atoms with Crippen molar-refractivity contribution in [2.45, 2.75) is 33.0 Å². The van der Waals surface area contributed by atoms with Crippen molar-refractivity contribution in [1.82, 2.24) is 0 Å². The quantitative estimate of drug-likeness (QED) is 0.515. The number of aliphatic hydroxyl groups excluding tert-OH is 2. The summed E-state index contributed by atoms with van der Waals surface area (Å²) in [5, 5.41) is 27.8. The van der Waals surface area contributed by atoms with Crippen LogP contribution in [0.5, 0.6) is 17.2 Å². The monoisotopic (exact) mass is 450 g/mol. The molecule has 0 spiro atoms. The molecule has 2 aromatic rings. The van der Waals surface area contributed by atoms with E-state index in [1.54, 1.807) is 19.2 Å². The Bertz CT molecular complexity index is 796. The van der Waals surface area contributed by atoms with Crippen LogP contribution >= 0.6 is 0 Å². The minimum atomic E-state index is -0.392. The third-order valence-corrected chi connectivity index (χ3v) is 4.67. The highest BCUT2D eigenvalue weighted by Gasteiger charge is 2.12. The first-order valence-electron chi connectivity index (χ1n) is 9.64. The molecule has 3 N–H and O–H groups in total. The number of carbonyl (C=O) groups excluding carboxylic acids is 2. The summed E-state index contributed by atoms with van der Waals surface area (Å²) in [6, 6.07) is 6.64. The van der Waals surface area contributed by atoms with E-state index in [0.717, 1.165) is 16.7 Å². The predicted octanol–water partition coefficient (Wildman–Crippen LogP) is 1.82. The number of aromatic hydroxyl groups is 1. The van der Waals surface area contributed by atoms with E-state index in [4.69, 9.17) is 14.6 Å². The van der Waals surface area contributed by atoms with Crippen molar-refractivity contribution in [1.29, 1.82) is 0 Å². The van der Waals surface area contributed by atoms with E-state index < -0.39 is 5.97 Å². The molecule has 32 heavy (non-hydrogen) atoms. The first kappa shape index (κ1) is 26.7. The summed E-state index contributed by atoms with van der Waals surface area (Å²) in [4.78, 5) is 22.2. The number of esters is 2. The van der Waals surface area contributed by atoms with Gasteiger partial charge in [0.05, 0.1) is 54.5 Å². The zero-order chi connectivity index (χ0) is 24.3. The van der Waals surface area contributed by atoms with Gasteiger partial charge in [-0.3, -0.25) is 9.59 Å². The summed E-state index contributed by atoms with van der Waals surface area (Å²) in [6.45, 7) is 1.47. The van der Waals surface area contributed by atoms with Crippen molar-refractivity contribution in [3.8, 4) is 17.2 Å². The topological polar surface area (TPSA) is 132 Å². The van der Waals surface area contributed by atoms with E-state index >= 15 is 0 Å². The Morgan fingerprint density at radius 1 is 0.750 bits per heavy atom. The van der Waals surface area contributed by atoms with Gasteiger partial charge >= 0.3 is 11.9 Å². The van der Waals surface area contributed by atoms with Gasteiger partial charge in [-0.25, -0.2) is 0 Å². The third kappa shape index (κ3) is 7.44. The van der Waals surface area contributed by atoms with Crippen molar-refractivity contribution in [2.24, 2.45) is 0 Å². The van der Waals surface area contributed by atoms with Crippen LogP contribution in [0.25, 0.3) is 0 Å². The van der Waals surface area contributed by atoms with Gasteiger partial charge in [0.15, 0.2) is 11.5 Å². The lowest BCUT2D eigenvalue weighted by Crippen LogP contribution is -2.06. The molecule has 9 heteroatoms. The van der Waals surface area contributed by atoms with Crippen LogP contribution in [0.4, 0.5) is 0 Å². The standard InChI is InChI=1S/C12H16O4.C11H14O5/c1-8-10(7-13)4-9(5-11(8)15-2)6-12(14)16-3;1-15-9-4-7(5-10(13)16-2)3-8(6-12)11(9)14/h4-5,13H,6-7H2,1-3H3;3-4,12,14H,5-6H2,1-2H3. The fraction of sp³-hybridized carbons (Fsp3) is 0.391. The molecular formula is C23H30O9. The van der Waals surface area contributed by atoms with E-state index in [0.29, 0.717) is 16.9 Å². The van der Waals surface area contributed by atoms with E-state index in [2.05, 4.69) is 9.47 Å². The maximum atomic E-state index is 11.1. The molecular weight excluding hydrogens is 420 g/mol. The Morgan fingerprint density at radius 2 is 1.19 bits per heavy atom. The van der Waals surface area contributed by atoms with Crippen LogP contribution in [-0.2, 0) is 45.1 Å². The molecule has 9 nitrogen and oxygen atoms in total. The summed E-state index contributed by atoms with van der Waals surface area (Å²) in [6.07, 6.45) is 0.250. The van der Waals surface area contributed by atoms with Gasteiger partial charge < -0.3 is 34.3 Å². The molecule has 0 saturated carbocycles. The van der Waals surface area contributed by atoms with Crippen LogP contribution in [-0.4, -0.2) is 55.7 Å². The highest BCUT2D eigenvalue weighted by atomic mass is 16.5. The second-order valence-corrected chi connectivity index (χ2v) is 6.71. The van der Waals surface area contributed by atoms with Gasteiger partial charge in [-0.2, -0.15) is 0 Å². The van der Waals surface area contributed by atoms with Gasteiger partial charge in [0.1, 0.15) is 5.75 Å². The number of methoxy groups -OCH3 is 4. The first-order chi connectivity index (χ1) is 15.2. The maximum Gasteiger partial charge on any atom is 0.309 e. The predicted molar refractivity (Wildman–Crippen MR) is 116 cm³/mol. The Morgan fingerprint density at radius 3 is 1.59 bits per heavy atom. The largest absolute Gasteiger partial charge is 0.504 e. The van der Waals surface area contributed by atoms with Gasteiger partial charge in [0.2, 0.25) is 0 Å². The van der Waals surface area contributed by atoms with Crippen LogP contribution < -0.4 is 9.47 Å².